The molecule has 1 aliphatic heterocycles. The van der Waals surface area contributed by atoms with Crippen molar-refractivity contribution in [2.24, 2.45) is 7.05 Å². The molecule has 0 radical (unpaired) electrons. The Morgan fingerprint density at radius 1 is 1.42 bits per heavy atom. The second kappa shape index (κ2) is 5.86. The number of carbonyl (C=O) groups excluding carboxylic acids is 1. The third-order valence-corrected chi connectivity index (χ3v) is 5.39. The van der Waals surface area contributed by atoms with Crippen molar-refractivity contribution in [2.75, 3.05) is 13.1 Å². The fourth-order valence-corrected chi connectivity index (χ4v) is 4.02. The number of hydrogen-bond donors (Lipinski definition) is 0. The molecule has 0 bridgehead atoms. The van der Waals surface area contributed by atoms with Crippen molar-refractivity contribution in [1.82, 2.24) is 24.0 Å². The number of aryl methyl sites for hydroxylation is 1. The van der Waals surface area contributed by atoms with Gasteiger partial charge in [0.1, 0.15) is 11.8 Å². The molecule has 0 spiro atoms. The van der Waals surface area contributed by atoms with Crippen LogP contribution in [-0.4, -0.2) is 43.0 Å². The maximum absolute atomic E-state index is 12.6. The molecule has 3 aromatic rings. The summed E-state index contributed by atoms with van der Waals surface area (Å²) >= 11 is 1.45. The average molecular weight is 343 g/mol. The number of carbonyl (C=O) groups is 1. The van der Waals surface area contributed by atoms with Crippen molar-refractivity contribution >= 4 is 28.4 Å². The Morgan fingerprint density at radius 2 is 2.29 bits per heavy atom. The monoisotopic (exact) mass is 343 g/mol. The van der Waals surface area contributed by atoms with Crippen LogP contribution in [0.25, 0.3) is 11.2 Å². The molecule has 1 amide bonds. The third kappa shape index (κ3) is 2.34. The number of hydrogen-bond acceptors (Lipinski definition) is 5. The largest absolute Gasteiger partial charge is 0.336 e. The van der Waals surface area contributed by atoms with Gasteiger partial charge in [0.2, 0.25) is 0 Å². The number of piperidine rings is 1. The molecule has 0 aromatic carbocycles. The number of nitrogens with zero attached hydrogens (tertiary/aromatic N) is 5. The smallest absolute Gasteiger partial charge is 0.330 e. The van der Waals surface area contributed by atoms with E-state index in [0.29, 0.717) is 17.7 Å². The molecule has 0 aliphatic carbocycles. The van der Waals surface area contributed by atoms with Gasteiger partial charge in [0.25, 0.3) is 5.91 Å². The Labute approximate surface area is 142 Å². The topological polar surface area (TPSA) is 73.0 Å². The van der Waals surface area contributed by atoms with Crippen molar-refractivity contribution in [2.45, 2.75) is 18.9 Å². The van der Waals surface area contributed by atoms with Gasteiger partial charge in [-0.2, -0.15) is 0 Å². The first-order valence-corrected chi connectivity index (χ1v) is 8.74. The zero-order valence-corrected chi connectivity index (χ0v) is 14.1. The molecule has 0 N–H and O–H groups in total. The lowest BCUT2D eigenvalue weighted by Crippen LogP contribution is -2.42. The SMILES string of the molecule is Cn1c(=O)n(C2CCCN(C(=O)c3cccs3)C2)c2ncncc21. The summed E-state index contributed by atoms with van der Waals surface area (Å²) in [6.45, 7) is 1.25. The van der Waals surface area contributed by atoms with Crippen LogP contribution in [-0.2, 0) is 7.05 Å². The number of amides is 1. The van der Waals surface area contributed by atoms with E-state index in [-0.39, 0.29) is 17.6 Å². The summed E-state index contributed by atoms with van der Waals surface area (Å²) in [4.78, 5) is 36.1. The summed E-state index contributed by atoms with van der Waals surface area (Å²) in [7, 11) is 1.72. The van der Waals surface area contributed by atoms with Crippen LogP contribution in [0.2, 0.25) is 0 Å². The first-order chi connectivity index (χ1) is 11.7. The molecule has 7 nitrogen and oxygen atoms in total. The maximum Gasteiger partial charge on any atom is 0.330 e. The van der Waals surface area contributed by atoms with E-state index in [1.165, 1.54) is 17.7 Å². The second-order valence-corrected chi connectivity index (χ2v) is 6.92. The van der Waals surface area contributed by atoms with Crippen LogP contribution in [0.15, 0.2) is 34.8 Å². The minimum absolute atomic E-state index is 0.0395. The maximum atomic E-state index is 12.6. The van der Waals surface area contributed by atoms with Gasteiger partial charge in [-0.3, -0.25) is 13.9 Å². The van der Waals surface area contributed by atoms with Crippen molar-refractivity contribution in [3.05, 3.63) is 45.4 Å². The number of imidazole rings is 1. The minimum atomic E-state index is -0.110. The van der Waals surface area contributed by atoms with Gasteiger partial charge in [0.05, 0.1) is 17.1 Å². The number of likely N-dealkylation sites (tertiary alicyclic amines) is 1. The molecule has 124 valence electrons. The molecule has 8 heteroatoms. The molecule has 1 saturated heterocycles. The standard InChI is InChI=1S/C16H17N5O2S/c1-19-12-8-17-10-18-14(12)21(16(19)23)11-4-2-6-20(9-11)15(22)13-5-3-7-24-13/h3,5,7-8,10-11H,2,4,6,9H2,1H3. The van der Waals surface area contributed by atoms with E-state index in [2.05, 4.69) is 9.97 Å². The molecule has 4 heterocycles. The van der Waals surface area contributed by atoms with Gasteiger partial charge in [-0.25, -0.2) is 14.8 Å². The molecule has 4 rings (SSSR count). The van der Waals surface area contributed by atoms with Crippen LogP contribution in [0.1, 0.15) is 28.6 Å². The lowest BCUT2D eigenvalue weighted by molar-refractivity contribution is 0.0684. The normalized spacial score (nSPS) is 18.2. The van der Waals surface area contributed by atoms with E-state index < -0.39 is 0 Å². The highest BCUT2D eigenvalue weighted by molar-refractivity contribution is 7.12. The van der Waals surface area contributed by atoms with Gasteiger partial charge in [-0.05, 0) is 24.3 Å². The molecule has 1 fully saturated rings. The summed E-state index contributed by atoms with van der Waals surface area (Å²) in [5, 5.41) is 1.90. The summed E-state index contributed by atoms with van der Waals surface area (Å²) in [6.07, 6.45) is 4.83. The van der Waals surface area contributed by atoms with E-state index in [1.807, 2.05) is 22.4 Å². The highest BCUT2D eigenvalue weighted by Crippen LogP contribution is 2.25. The third-order valence-electron chi connectivity index (χ3n) is 4.54. The van der Waals surface area contributed by atoms with Crippen molar-refractivity contribution in [3.63, 3.8) is 0 Å². The van der Waals surface area contributed by atoms with E-state index in [9.17, 15) is 9.59 Å². The number of rotatable bonds is 2. The van der Waals surface area contributed by atoms with Crippen LogP contribution in [0.4, 0.5) is 0 Å². The van der Waals surface area contributed by atoms with Crippen molar-refractivity contribution in [1.29, 1.82) is 0 Å². The first-order valence-electron chi connectivity index (χ1n) is 7.86. The van der Waals surface area contributed by atoms with Crippen molar-refractivity contribution < 1.29 is 4.79 Å². The predicted octanol–water partition coefficient (Wildman–Crippen LogP) is 1.67. The van der Waals surface area contributed by atoms with Gasteiger partial charge < -0.3 is 4.90 Å². The molecule has 1 unspecified atom stereocenters. The van der Waals surface area contributed by atoms with Gasteiger partial charge in [0, 0.05) is 20.1 Å². The Hall–Kier alpha value is -2.48. The second-order valence-electron chi connectivity index (χ2n) is 5.97. The molecular weight excluding hydrogens is 326 g/mol. The van der Waals surface area contributed by atoms with E-state index >= 15 is 0 Å². The fourth-order valence-electron chi connectivity index (χ4n) is 3.33. The number of thiophene rings is 1. The van der Waals surface area contributed by atoms with Crippen LogP contribution in [0, 0.1) is 0 Å². The van der Waals surface area contributed by atoms with Gasteiger partial charge >= 0.3 is 5.69 Å². The zero-order chi connectivity index (χ0) is 16.7. The van der Waals surface area contributed by atoms with Crippen molar-refractivity contribution in [3.8, 4) is 0 Å². The lowest BCUT2D eigenvalue weighted by Gasteiger charge is -2.32. The van der Waals surface area contributed by atoms with E-state index in [4.69, 9.17) is 0 Å². The van der Waals surface area contributed by atoms with Crippen LogP contribution in [0.3, 0.4) is 0 Å². The summed E-state index contributed by atoms with van der Waals surface area (Å²) in [5.41, 5.74) is 1.23. The Bertz CT molecular complexity index is 943. The van der Waals surface area contributed by atoms with Crippen LogP contribution >= 0.6 is 11.3 Å². The summed E-state index contributed by atoms with van der Waals surface area (Å²) in [5.74, 6) is 0.0395. The Morgan fingerprint density at radius 3 is 3.08 bits per heavy atom. The van der Waals surface area contributed by atoms with Gasteiger partial charge in [-0.1, -0.05) is 6.07 Å². The van der Waals surface area contributed by atoms with Gasteiger partial charge in [0.15, 0.2) is 5.65 Å². The fraction of sp³-hybridized carbons (Fsp3) is 0.375. The molecule has 3 aromatic heterocycles. The molecular formula is C16H17N5O2S. The molecule has 1 atom stereocenters. The Kier molecular flexibility index (Phi) is 3.68. The highest BCUT2D eigenvalue weighted by atomic mass is 32.1. The first kappa shape index (κ1) is 15.1. The summed E-state index contributed by atoms with van der Waals surface area (Å²) in [6, 6.07) is 3.66. The number of fused-ring (bicyclic) bond motifs is 1. The predicted molar refractivity (Wildman–Crippen MR) is 91.3 cm³/mol. The summed E-state index contributed by atoms with van der Waals surface area (Å²) < 4.78 is 3.28. The average Bonchev–Trinajstić information content (AvgIpc) is 3.23. The van der Waals surface area contributed by atoms with E-state index in [0.717, 1.165) is 24.3 Å². The quantitative estimate of drug-likeness (QED) is 0.709. The van der Waals surface area contributed by atoms with Gasteiger partial charge in [-0.15, -0.1) is 11.3 Å². The van der Waals surface area contributed by atoms with Crippen LogP contribution < -0.4 is 5.69 Å². The number of aromatic nitrogens is 4. The molecule has 1 aliphatic rings. The molecule has 24 heavy (non-hydrogen) atoms. The highest BCUT2D eigenvalue weighted by Gasteiger charge is 2.29. The minimum Gasteiger partial charge on any atom is -0.336 e. The zero-order valence-electron chi connectivity index (χ0n) is 13.3. The van der Waals surface area contributed by atoms with E-state index in [1.54, 1.807) is 22.4 Å². The van der Waals surface area contributed by atoms with Crippen LogP contribution in [0.5, 0.6) is 0 Å². The molecule has 0 saturated carbocycles. The lowest BCUT2D eigenvalue weighted by atomic mass is 10.1. The Balaban J connectivity index is 1.69.